The third-order valence-corrected chi connectivity index (χ3v) is 6.04. The maximum atomic E-state index is 9.12. The van der Waals surface area contributed by atoms with E-state index in [1.54, 1.807) is 0 Å². The molecule has 1 aliphatic rings. The average molecular weight is 519 g/mol. The van der Waals surface area contributed by atoms with Crippen molar-refractivity contribution in [2.24, 2.45) is 0 Å². The van der Waals surface area contributed by atoms with Crippen molar-refractivity contribution in [2.75, 3.05) is 45.9 Å². The molecule has 2 N–H and O–H groups in total. The fourth-order valence-electron chi connectivity index (χ4n) is 4.29. The highest BCUT2D eigenvalue weighted by Crippen LogP contribution is 2.28. The fourth-order valence-corrected chi connectivity index (χ4v) is 4.29. The first-order valence-corrected chi connectivity index (χ1v) is 14.0. The normalized spacial score (nSPS) is 15.2. The standard InChI is InChI=1S/C29H38N4O.2C2H6/c1-6-8-25(17-22(3)4)28-20-31-29-27(28)18-26(19-30-29)24(7-2)10-9-23(5)21-33-13-11-32(12-14-33)15-16-34;2*1-2/h6-10,17-20,34H,1-2,11-16,21H2,3-5H3,(H,30,31);2*1-2H3/b23-9+,24-10+,25-8+;;. The Balaban J connectivity index is 0.00000172. The van der Waals surface area contributed by atoms with Gasteiger partial charge in [-0.2, -0.15) is 0 Å². The van der Waals surface area contributed by atoms with E-state index in [0.29, 0.717) is 0 Å². The second kappa shape index (κ2) is 18.3. The van der Waals surface area contributed by atoms with Crippen LogP contribution in [0.15, 0.2) is 79.2 Å². The molecule has 2 aromatic rings. The van der Waals surface area contributed by atoms with Gasteiger partial charge in [0.2, 0.25) is 0 Å². The van der Waals surface area contributed by atoms with E-state index in [9.17, 15) is 0 Å². The molecule has 0 bridgehead atoms. The van der Waals surface area contributed by atoms with E-state index in [1.807, 2.05) is 58.3 Å². The molecular weight excluding hydrogens is 468 g/mol. The molecule has 0 radical (unpaired) electrons. The smallest absolute Gasteiger partial charge is 0.137 e. The molecule has 0 unspecified atom stereocenters. The molecule has 5 nitrogen and oxygen atoms in total. The van der Waals surface area contributed by atoms with Crippen LogP contribution in [-0.2, 0) is 0 Å². The number of allylic oxidation sites excluding steroid dienone is 9. The van der Waals surface area contributed by atoms with Crippen molar-refractivity contribution in [3.8, 4) is 0 Å². The van der Waals surface area contributed by atoms with Crippen LogP contribution in [0, 0.1) is 0 Å². The number of hydrogen-bond acceptors (Lipinski definition) is 4. The highest BCUT2D eigenvalue weighted by molar-refractivity contribution is 5.95. The van der Waals surface area contributed by atoms with E-state index in [1.165, 1.54) is 11.1 Å². The van der Waals surface area contributed by atoms with Crippen molar-refractivity contribution < 1.29 is 5.11 Å². The number of aromatic amines is 1. The van der Waals surface area contributed by atoms with Gasteiger partial charge < -0.3 is 10.1 Å². The molecule has 3 heterocycles. The van der Waals surface area contributed by atoms with Gasteiger partial charge >= 0.3 is 0 Å². The highest BCUT2D eigenvalue weighted by Gasteiger charge is 2.16. The Kier molecular flexibility index (Phi) is 15.9. The summed E-state index contributed by atoms with van der Waals surface area (Å²) in [5.41, 5.74) is 7.72. The third-order valence-electron chi connectivity index (χ3n) is 6.04. The van der Waals surface area contributed by atoms with Crippen LogP contribution in [0.1, 0.15) is 59.6 Å². The maximum Gasteiger partial charge on any atom is 0.137 e. The van der Waals surface area contributed by atoms with Gasteiger partial charge in [-0.15, -0.1) is 0 Å². The predicted molar refractivity (Wildman–Crippen MR) is 168 cm³/mol. The molecule has 2 aromatic heterocycles. The van der Waals surface area contributed by atoms with Gasteiger partial charge in [0.15, 0.2) is 0 Å². The van der Waals surface area contributed by atoms with Crippen molar-refractivity contribution >= 4 is 22.2 Å². The molecule has 5 heteroatoms. The topological polar surface area (TPSA) is 55.4 Å². The summed E-state index contributed by atoms with van der Waals surface area (Å²) < 4.78 is 0. The number of rotatable bonds is 10. The first-order chi connectivity index (χ1) is 18.4. The Morgan fingerprint density at radius 1 is 0.974 bits per heavy atom. The average Bonchev–Trinajstić information content (AvgIpc) is 3.35. The predicted octanol–water partition coefficient (Wildman–Crippen LogP) is 7.28. The van der Waals surface area contributed by atoms with Gasteiger partial charge in [-0.25, -0.2) is 4.98 Å². The Morgan fingerprint density at radius 2 is 1.63 bits per heavy atom. The number of β-amino-alcohol motifs (C(OH)–C–C–N with tert-alkyl or cyclic N) is 1. The van der Waals surface area contributed by atoms with Crippen LogP contribution in [0.3, 0.4) is 0 Å². The summed E-state index contributed by atoms with van der Waals surface area (Å²) in [6.45, 7) is 28.3. The van der Waals surface area contributed by atoms with Gasteiger partial charge in [0.25, 0.3) is 0 Å². The number of piperazine rings is 1. The number of nitrogens with one attached hydrogen (secondary N) is 1. The summed E-state index contributed by atoms with van der Waals surface area (Å²) in [4.78, 5) is 12.7. The van der Waals surface area contributed by atoms with Crippen LogP contribution in [0.25, 0.3) is 22.2 Å². The number of hydrogen-bond donors (Lipinski definition) is 2. The van der Waals surface area contributed by atoms with Gasteiger partial charge in [0, 0.05) is 68.2 Å². The number of aliphatic hydroxyl groups is 1. The number of pyridine rings is 1. The SMILES string of the molecule is C=C/C=C(\C=C(C)C)c1c[nH]c2ncc(/C(C=C)=C/C=C(\C)CN3CCN(CCO)CC3)cc12.CC.CC. The van der Waals surface area contributed by atoms with E-state index >= 15 is 0 Å². The van der Waals surface area contributed by atoms with Crippen LogP contribution in [-0.4, -0.2) is 70.7 Å². The monoisotopic (exact) mass is 518 g/mol. The lowest BCUT2D eigenvalue weighted by Crippen LogP contribution is -2.47. The molecule has 0 spiro atoms. The lowest BCUT2D eigenvalue weighted by molar-refractivity contribution is 0.118. The van der Waals surface area contributed by atoms with E-state index in [4.69, 9.17) is 5.11 Å². The van der Waals surface area contributed by atoms with Crippen molar-refractivity contribution in [3.05, 3.63) is 90.3 Å². The van der Waals surface area contributed by atoms with Crippen LogP contribution in [0.2, 0.25) is 0 Å². The minimum atomic E-state index is 0.236. The van der Waals surface area contributed by atoms with Crippen LogP contribution in [0.4, 0.5) is 0 Å². The molecule has 38 heavy (non-hydrogen) atoms. The first kappa shape index (κ1) is 33.0. The highest BCUT2D eigenvalue weighted by atomic mass is 16.3. The summed E-state index contributed by atoms with van der Waals surface area (Å²) in [5.74, 6) is 0. The third kappa shape index (κ3) is 10.1. The Hall–Kier alpha value is -2.99. The molecule has 0 atom stereocenters. The second-order valence-electron chi connectivity index (χ2n) is 9.08. The minimum absolute atomic E-state index is 0.236. The molecular formula is C33H50N4O. The van der Waals surface area contributed by atoms with E-state index in [-0.39, 0.29) is 6.61 Å². The van der Waals surface area contributed by atoms with Crippen LogP contribution >= 0.6 is 0 Å². The zero-order valence-electron chi connectivity index (χ0n) is 24.8. The molecule has 1 aliphatic heterocycles. The molecule has 1 saturated heterocycles. The van der Waals surface area contributed by atoms with Gasteiger partial charge in [-0.1, -0.05) is 88.5 Å². The molecule has 0 aromatic carbocycles. The van der Waals surface area contributed by atoms with E-state index < -0.39 is 0 Å². The molecule has 1 fully saturated rings. The molecule has 0 amide bonds. The number of fused-ring (bicyclic) bond motifs is 1. The zero-order valence-corrected chi connectivity index (χ0v) is 24.8. The van der Waals surface area contributed by atoms with Gasteiger partial charge in [-0.05, 0) is 38.0 Å². The van der Waals surface area contributed by atoms with Gasteiger partial charge in [-0.3, -0.25) is 9.80 Å². The van der Waals surface area contributed by atoms with Crippen LogP contribution in [0.5, 0.6) is 0 Å². The number of aliphatic hydroxyl groups excluding tert-OH is 1. The van der Waals surface area contributed by atoms with Crippen molar-refractivity contribution in [1.29, 1.82) is 0 Å². The van der Waals surface area contributed by atoms with Crippen molar-refractivity contribution in [2.45, 2.75) is 48.5 Å². The number of nitrogens with zero attached hydrogens (tertiary/aromatic N) is 3. The number of H-pyrrole nitrogens is 1. The largest absolute Gasteiger partial charge is 0.395 e. The summed E-state index contributed by atoms with van der Waals surface area (Å²) in [6, 6.07) is 2.18. The van der Waals surface area contributed by atoms with Gasteiger partial charge in [0.1, 0.15) is 5.65 Å². The lowest BCUT2D eigenvalue weighted by Gasteiger charge is -2.34. The molecule has 0 saturated carbocycles. The Bertz CT molecular complexity index is 1120. The summed E-state index contributed by atoms with van der Waals surface area (Å²) in [6.07, 6.45) is 16.1. The van der Waals surface area contributed by atoms with Gasteiger partial charge in [0.05, 0.1) is 6.61 Å². The quantitative estimate of drug-likeness (QED) is 0.325. The zero-order chi connectivity index (χ0) is 28.5. The van der Waals surface area contributed by atoms with Crippen LogP contribution < -0.4 is 0 Å². The lowest BCUT2D eigenvalue weighted by atomic mass is 10.0. The summed E-state index contributed by atoms with van der Waals surface area (Å²) in [7, 11) is 0. The first-order valence-electron chi connectivity index (χ1n) is 14.0. The van der Waals surface area contributed by atoms with E-state index in [0.717, 1.165) is 72.6 Å². The minimum Gasteiger partial charge on any atom is -0.395 e. The Morgan fingerprint density at radius 3 is 2.21 bits per heavy atom. The second-order valence-corrected chi connectivity index (χ2v) is 9.08. The van der Waals surface area contributed by atoms with Crippen molar-refractivity contribution in [3.63, 3.8) is 0 Å². The van der Waals surface area contributed by atoms with E-state index in [2.05, 4.69) is 78.0 Å². The molecule has 0 aliphatic carbocycles. The fraction of sp³-hybridized carbons (Fsp3) is 0.424. The molecule has 208 valence electrons. The Labute approximate surface area is 231 Å². The summed E-state index contributed by atoms with van der Waals surface area (Å²) in [5, 5.41) is 10.2. The molecule has 3 rings (SSSR count). The summed E-state index contributed by atoms with van der Waals surface area (Å²) >= 11 is 0. The number of aromatic nitrogens is 2. The maximum absolute atomic E-state index is 9.12. The van der Waals surface area contributed by atoms with Crippen molar-refractivity contribution in [1.82, 2.24) is 19.8 Å².